The van der Waals surface area contributed by atoms with Crippen LogP contribution in [0, 0.1) is 5.92 Å². The predicted octanol–water partition coefficient (Wildman–Crippen LogP) is -1.49. The smallest absolute Gasteiger partial charge is 0.311 e. The zero-order valence-electron chi connectivity index (χ0n) is 25.2. The largest absolute Gasteiger partial charge is 0.469 e. The molecule has 2 amide bonds. The summed E-state index contributed by atoms with van der Waals surface area (Å²) in [4.78, 5) is 49.8. The van der Waals surface area contributed by atoms with E-state index in [0.29, 0.717) is 45.8 Å². The van der Waals surface area contributed by atoms with Crippen LogP contribution >= 0.6 is 0 Å². The van der Waals surface area contributed by atoms with Crippen molar-refractivity contribution in [3.63, 3.8) is 0 Å². The van der Waals surface area contributed by atoms with Gasteiger partial charge in [0.25, 0.3) is 0 Å². The lowest BCUT2D eigenvalue weighted by atomic mass is 10.1. The highest BCUT2D eigenvalue weighted by molar-refractivity contribution is 5.78. The van der Waals surface area contributed by atoms with Gasteiger partial charge in [0.05, 0.1) is 26.1 Å². The molecule has 0 saturated carbocycles. The Hall–Kier alpha value is -1.83. The highest BCUT2D eigenvalue weighted by Crippen LogP contribution is 2.10. The van der Waals surface area contributed by atoms with Gasteiger partial charge in [-0.2, -0.15) is 0 Å². The average molecular weight is 545 g/mol. The molecule has 0 aromatic heterocycles. The molecule has 1 atom stereocenters. The number of carbonyl (C=O) groups excluding carboxylic acids is 3. The van der Waals surface area contributed by atoms with Crippen LogP contribution in [0.4, 0.5) is 0 Å². The van der Waals surface area contributed by atoms with Gasteiger partial charge in [0.15, 0.2) is 0 Å². The second kappa shape index (κ2) is 21.0. The van der Waals surface area contributed by atoms with E-state index < -0.39 is 0 Å². The molecule has 0 aromatic carbocycles. The molecule has 1 aliphatic heterocycles. The van der Waals surface area contributed by atoms with E-state index in [1.165, 1.54) is 7.11 Å². The summed E-state index contributed by atoms with van der Waals surface area (Å²) >= 11 is 0. The number of ether oxygens (including phenoxy) is 1. The number of likely N-dealkylation sites (N-methyl/N-ethyl adjacent to an activating group) is 4. The SMILES string of the molecule is CCN1CCCN(CC(=O)N(C)C)CCN(CC(=O)N(C)C)CC(C(=O)OC)CN(CC)CC1.NCCN. The number of methoxy groups -OCH3 is 1. The van der Waals surface area contributed by atoms with Gasteiger partial charge in [-0.1, -0.05) is 13.8 Å². The van der Waals surface area contributed by atoms with Crippen molar-refractivity contribution in [2.45, 2.75) is 20.3 Å². The van der Waals surface area contributed by atoms with Crippen molar-refractivity contribution in [3.05, 3.63) is 0 Å². The molecule has 12 nitrogen and oxygen atoms in total. The van der Waals surface area contributed by atoms with Crippen LogP contribution in [-0.4, -0.2) is 174 Å². The van der Waals surface area contributed by atoms with E-state index in [1.807, 2.05) is 4.90 Å². The lowest BCUT2D eigenvalue weighted by molar-refractivity contribution is -0.147. The maximum Gasteiger partial charge on any atom is 0.311 e. The molecule has 12 heteroatoms. The predicted molar refractivity (Wildman–Crippen MR) is 153 cm³/mol. The Balaban J connectivity index is 0.00000318. The zero-order valence-corrected chi connectivity index (χ0v) is 25.2. The standard InChI is InChI=1S/C24H48N6O4.C2H8N2/c1-8-27-11-10-12-29(19-22(31)25(3)4)15-16-30(20-23(32)26(5)6)18-21(24(33)34-7)17-28(9-2)14-13-27;3-1-2-4/h21H,8-20H2,1-7H3;1-4H2. The van der Waals surface area contributed by atoms with Crippen LogP contribution in [0.5, 0.6) is 0 Å². The maximum absolute atomic E-state index is 12.7. The van der Waals surface area contributed by atoms with E-state index in [2.05, 4.69) is 28.5 Å². The monoisotopic (exact) mass is 544 g/mol. The molecule has 1 heterocycles. The summed E-state index contributed by atoms with van der Waals surface area (Å²) in [6.07, 6.45) is 0.974. The molecule has 0 spiro atoms. The Labute approximate surface area is 231 Å². The summed E-state index contributed by atoms with van der Waals surface area (Å²) in [7, 11) is 8.45. The van der Waals surface area contributed by atoms with Crippen LogP contribution in [0.3, 0.4) is 0 Å². The first-order valence-electron chi connectivity index (χ1n) is 13.8. The van der Waals surface area contributed by atoms with Gasteiger partial charge in [-0.05, 0) is 32.6 Å². The Kier molecular flexibility index (Phi) is 20.0. The van der Waals surface area contributed by atoms with Gasteiger partial charge >= 0.3 is 5.97 Å². The van der Waals surface area contributed by atoms with Gasteiger partial charge in [-0.25, -0.2) is 0 Å². The van der Waals surface area contributed by atoms with E-state index in [0.717, 1.165) is 45.7 Å². The van der Waals surface area contributed by atoms with Crippen molar-refractivity contribution >= 4 is 17.8 Å². The topological polar surface area (TPSA) is 132 Å². The van der Waals surface area contributed by atoms with E-state index in [-0.39, 0.29) is 30.2 Å². The second-order valence-corrected chi connectivity index (χ2v) is 10.1. The van der Waals surface area contributed by atoms with E-state index in [1.54, 1.807) is 38.0 Å². The fraction of sp³-hybridized carbons (Fsp3) is 0.885. The zero-order chi connectivity index (χ0) is 29.1. The molecule has 1 saturated heterocycles. The van der Waals surface area contributed by atoms with Crippen molar-refractivity contribution < 1.29 is 19.1 Å². The molecule has 4 N–H and O–H groups in total. The molecule has 38 heavy (non-hydrogen) atoms. The molecular formula is C26H56N8O4. The molecule has 0 bridgehead atoms. The summed E-state index contributed by atoms with van der Waals surface area (Å²) in [5, 5.41) is 0. The van der Waals surface area contributed by atoms with Gasteiger partial charge in [0, 0.05) is 80.5 Å². The van der Waals surface area contributed by atoms with Gasteiger partial charge < -0.3 is 35.8 Å². The lowest BCUT2D eigenvalue weighted by Gasteiger charge is -2.34. The van der Waals surface area contributed by atoms with Crippen molar-refractivity contribution in [3.8, 4) is 0 Å². The number of carbonyl (C=O) groups is 3. The fourth-order valence-corrected chi connectivity index (χ4v) is 4.06. The molecule has 0 aliphatic carbocycles. The van der Waals surface area contributed by atoms with E-state index in [4.69, 9.17) is 16.2 Å². The van der Waals surface area contributed by atoms with Crippen LogP contribution in [0.25, 0.3) is 0 Å². The number of amides is 2. The first-order chi connectivity index (χ1) is 18.0. The Bertz CT molecular complexity index is 663. The van der Waals surface area contributed by atoms with Crippen molar-refractivity contribution in [1.82, 2.24) is 29.4 Å². The molecule has 1 fully saturated rings. The number of rotatable bonds is 8. The summed E-state index contributed by atoms with van der Waals surface area (Å²) in [5.41, 5.74) is 9.81. The Morgan fingerprint density at radius 3 is 1.61 bits per heavy atom. The van der Waals surface area contributed by atoms with Gasteiger partial charge in [-0.15, -0.1) is 0 Å². The average Bonchev–Trinajstić information content (AvgIpc) is 2.90. The summed E-state index contributed by atoms with van der Waals surface area (Å²) in [6, 6.07) is 0. The highest BCUT2D eigenvalue weighted by Gasteiger charge is 2.27. The molecule has 1 unspecified atom stereocenters. The third-order valence-electron chi connectivity index (χ3n) is 6.68. The number of nitrogens with two attached hydrogens (primary N) is 2. The third kappa shape index (κ3) is 15.6. The molecule has 1 aliphatic rings. The van der Waals surface area contributed by atoms with E-state index >= 15 is 0 Å². The summed E-state index contributed by atoms with van der Waals surface area (Å²) in [6.45, 7) is 13.7. The number of nitrogens with zero attached hydrogens (tertiary/aromatic N) is 6. The van der Waals surface area contributed by atoms with Crippen LogP contribution in [0.2, 0.25) is 0 Å². The first kappa shape index (κ1) is 36.2. The molecular weight excluding hydrogens is 488 g/mol. The van der Waals surface area contributed by atoms with Crippen molar-refractivity contribution in [1.29, 1.82) is 0 Å². The first-order valence-corrected chi connectivity index (χ1v) is 13.8. The second-order valence-electron chi connectivity index (χ2n) is 10.1. The quantitative estimate of drug-likeness (QED) is 0.348. The van der Waals surface area contributed by atoms with Crippen LogP contribution in [0.1, 0.15) is 20.3 Å². The van der Waals surface area contributed by atoms with E-state index in [9.17, 15) is 14.4 Å². The minimum Gasteiger partial charge on any atom is -0.469 e. The molecule has 0 aromatic rings. The summed E-state index contributed by atoms with van der Waals surface area (Å²) < 4.78 is 5.14. The van der Waals surface area contributed by atoms with Gasteiger partial charge in [-0.3, -0.25) is 24.2 Å². The van der Waals surface area contributed by atoms with Crippen LogP contribution < -0.4 is 11.5 Å². The van der Waals surface area contributed by atoms with Crippen LogP contribution in [0.15, 0.2) is 0 Å². The highest BCUT2D eigenvalue weighted by atomic mass is 16.5. The number of hydrogen-bond donors (Lipinski definition) is 2. The van der Waals surface area contributed by atoms with Gasteiger partial charge in [0.2, 0.25) is 11.8 Å². The third-order valence-corrected chi connectivity index (χ3v) is 6.68. The maximum atomic E-state index is 12.7. The normalized spacial score (nSPS) is 19.6. The Morgan fingerprint density at radius 1 is 0.711 bits per heavy atom. The number of hydrogen-bond acceptors (Lipinski definition) is 10. The minimum absolute atomic E-state index is 0.00779. The minimum atomic E-state index is -0.352. The number of esters is 1. The van der Waals surface area contributed by atoms with Crippen LogP contribution in [-0.2, 0) is 19.1 Å². The lowest BCUT2D eigenvalue weighted by Crippen LogP contribution is -2.49. The van der Waals surface area contributed by atoms with Crippen molar-refractivity contribution in [2.24, 2.45) is 17.4 Å². The molecule has 0 radical (unpaired) electrons. The van der Waals surface area contributed by atoms with Gasteiger partial charge in [0.1, 0.15) is 0 Å². The molecule has 1 rings (SSSR count). The summed E-state index contributed by atoms with van der Waals surface area (Å²) in [5.74, 6) is -0.545. The Morgan fingerprint density at radius 2 is 1.13 bits per heavy atom. The molecule has 224 valence electrons. The van der Waals surface area contributed by atoms with Crippen molar-refractivity contribution in [2.75, 3.05) is 127 Å². The fourth-order valence-electron chi connectivity index (χ4n) is 4.06.